The van der Waals surface area contributed by atoms with Gasteiger partial charge in [0.25, 0.3) is 0 Å². The van der Waals surface area contributed by atoms with Crippen LogP contribution in [0.15, 0.2) is 12.8 Å². The summed E-state index contributed by atoms with van der Waals surface area (Å²) in [5, 5.41) is 29.5. The monoisotopic (exact) mass is 278 g/mol. The zero-order chi connectivity index (χ0) is 12.9. The SMILES string of the molecule is C=CO.CCOO.CCOO.CCOO.[Ti]. The summed E-state index contributed by atoms with van der Waals surface area (Å²) in [5.74, 6) is 0. The molecule has 0 aliphatic rings. The van der Waals surface area contributed by atoms with Crippen molar-refractivity contribution in [2.45, 2.75) is 20.8 Å². The van der Waals surface area contributed by atoms with Gasteiger partial charge in [-0.1, -0.05) is 6.58 Å². The second-order valence-corrected chi connectivity index (χ2v) is 1.44. The average Bonchev–Trinajstić information content (AvgIpc) is 2.30. The van der Waals surface area contributed by atoms with E-state index in [9.17, 15) is 0 Å². The summed E-state index contributed by atoms with van der Waals surface area (Å²) in [6.45, 7) is 9.17. The van der Waals surface area contributed by atoms with Crippen molar-refractivity contribution in [2.24, 2.45) is 0 Å². The van der Waals surface area contributed by atoms with E-state index in [-0.39, 0.29) is 21.7 Å². The predicted molar refractivity (Wildman–Crippen MR) is 55.6 cm³/mol. The van der Waals surface area contributed by atoms with Crippen LogP contribution < -0.4 is 0 Å². The van der Waals surface area contributed by atoms with E-state index in [4.69, 9.17) is 20.9 Å². The summed E-state index contributed by atoms with van der Waals surface area (Å²) in [6.07, 6.45) is 0.750. The molecule has 100 valence electrons. The predicted octanol–water partition coefficient (Wildman–Crippen LogP) is 2.17. The molecule has 0 aromatic heterocycles. The van der Waals surface area contributed by atoms with E-state index < -0.39 is 0 Å². The van der Waals surface area contributed by atoms with Crippen molar-refractivity contribution in [1.82, 2.24) is 0 Å². The fourth-order valence-corrected chi connectivity index (χ4v) is 0. The normalized spacial score (nSPS) is 6.38. The Morgan fingerprint density at radius 3 is 0.938 bits per heavy atom. The Balaban J connectivity index is -0.0000000331. The summed E-state index contributed by atoms with van der Waals surface area (Å²) in [5.41, 5.74) is 0. The summed E-state index contributed by atoms with van der Waals surface area (Å²) in [4.78, 5) is 10.6. The summed E-state index contributed by atoms with van der Waals surface area (Å²) in [6, 6.07) is 0. The molecule has 0 fully saturated rings. The first kappa shape index (κ1) is 29.8. The van der Waals surface area contributed by atoms with Crippen LogP contribution >= 0.6 is 0 Å². The van der Waals surface area contributed by atoms with Gasteiger partial charge in [0.1, 0.15) is 0 Å². The third kappa shape index (κ3) is 261. The maximum Gasteiger partial charge on any atom is 0.0791 e. The second-order valence-electron chi connectivity index (χ2n) is 1.44. The Kier molecular flexibility index (Phi) is 111. The first-order chi connectivity index (χ1) is 7.16. The van der Waals surface area contributed by atoms with E-state index in [1.807, 2.05) is 0 Å². The molecule has 0 unspecified atom stereocenters. The molecule has 0 aromatic carbocycles. The standard InChI is InChI=1S/3C2H6O2.C2H4O.Ti/c3*1-2-4-3;1-2-3;/h3*3H,2H2,1H3;2-3H,1H2;. The molecule has 0 spiro atoms. The first-order valence-corrected chi connectivity index (χ1v) is 4.20. The number of aliphatic hydroxyl groups is 1. The van der Waals surface area contributed by atoms with Crippen molar-refractivity contribution >= 4 is 0 Å². The molecule has 0 atom stereocenters. The molecular formula is C8H22O7Ti. The molecule has 7 nitrogen and oxygen atoms in total. The van der Waals surface area contributed by atoms with E-state index in [1.54, 1.807) is 20.8 Å². The molecule has 0 amide bonds. The van der Waals surface area contributed by atoms with Crippen LogP contribution in [0.5, 0.6) is 0 Å². The molecule has 0 aromatic rings. The minimum Gasteiger partial charge on any atom is -0.516 e. The summed E-state index contributed by atoms with van der Waals surface area (Å²) in [7, 11) is 0. The summed E-state index contributed by atoms with van der Waals surface area (Å²) < 4.78 is 0. The van der Waals surface area contributed by atoms with Gasteiger partial charge in [-0.05, 0) is 20.8 Å². The molecular weight excluding hydrogens is 256 g/mol. The van der Waals surface area contributed by atoms with Gasteiger partial charge >= 0.3 is 0 Å². The van der Waals surface area contributed by atoms with Gasteiger partial charge in [-0.3, -0.25) is 15.8 Å². The Morgan fingerprint density at radius 1 is 0.875 bits per heavy atom. The molecule has 0 heterocycles. The van der Waals surface area contributed by atoms with Crippen LogP contribution in [-0.4, -0.2) is 40.7 Å². The molecule has 16 heavy (non-hydrogen) atoms. The molecule has 8 heteroatoms. The molecule has 0 radical (unpaired) electrons. The Hall–Kier alpha value is 0.0143. The third-order valence-electron chi connectivity index (χ3n) is 0.387. The van der Waals surface area contributed by atoms with Crippen molar-refractivity contribution in [2.75, 3.05) is 19.8 Å². The van der Waals surface area contributed by atoms with Crippen molar-refractivity contribution < 1.29 is 57.3 Å². The quantitative estimate of drug-likeness (QED) is 0.271. The van der Waals surface area contributed by atoms with Crippen LogP contribution in [0.3, 0.4) is 0 Å². The van der Waals surface area contributed by atoms with Gasteiger partial charge in [0.2, 0.25) is 0 Å². The molecule has 0 saturated carbocycles. The molecule has 0 aliphatic carbocycles. The molecule has 0 aliphatic heterocycles. The van der Waals surface area contributed by atoms with Crippen LogP contribution in [0, 0.1) is 0 Å². The number of hydrogen-bond donors (Lipinski definition) is 4. The Bertz CT molecular complexity index is 59.9. The zero-order valence-electron chi connectivity index (χ0n) is 9.92. The minimum absolute atomic E-state index is 0. The smallest absolute Gasteiger partial charge is 0.0791 e. The van der Waals surface area contributed by atoms with E-state index in [1.165, 1.54) is 0 Å². The zero-order valence-corrected chi connectivity index (χ0v) is 11.5. The van der Waals surface area contributed by atoms with Gasteiger partial charge in [-0.15, -0.1) is 0 Å². The van der Waals surface area contributed by atoms with Crippen molar-refractivity contribution in [1.29, 1.82) is 0 Å². The van der Waals surface area contributed by atoms with Crippen molar-refractivity contribution in [3.05, 3.63) is 12.8 Å². The first-order valence-electron chi connectivity index (χ1n) is 4.20. The van der Waals surface area contributed by atoms with Crippen molar-refractivity contribution in [3.63, 3.8) is 0 Å². The van der Waals surface area contributed by atoms with Gasteiger partial charge in [0, 0.05) is 21.7 Å². The van der Waals surface area contributed by atoms with E-state index in [0.717, 1.165) is 6.26 Å². The van der Waals surface area contributed by atoms with Crippen LogP contribution in [0.1, 0.15) is 20.8 Å². The topological polar surface area (TPSA) is 109 Å². The van der Waals surface area contributed by atoms with Crippen LogP contribution in [0.25, 0.3) is 0 Å². The largest absolute Gasteiger partial charge is 0.516 e. The van der Waals surface area contributed by atoms with Crippen LogP contribution in [0.2, 0.25) is 0 Å². The third-order valence-corrected chi connectivity index (χ3v) is 0.387. The molecule has 0 saturated heterocycles. The Labute approximate surface area is 111 Å². The Morgan fingerprint density at radius 2 is 0.938 bits per heavy atom. The molecule has 0 rings (SSSR count). The maximum atomic E-state index is 7.38. The van der Waals surface area contributed by atoms with Crippen LogP contribution in [0.4, 0.5) is 0 Å². The van der Waals surface area contributed by atoms with E-state index in [0.29, 0.717) is 19.8 Å². The number of aliphatic hydroxyl groups excluding tert-OH is 1. The maximum absolute atomic E-state index is 7.38. The van der Waals surface area contributed by atoms with Crippen LogP contribution in [-0.2, 0) is 36.4 Å². The van der Waals surface area contributed by atoms with Gasteiger partial charge in [-0.25, -0.2) is 14.7 Å². The van der Waals surface area contributed by atoms with E-state index in [2.05, 4.69) is 21.2 Å². The minimum atomic E-state index is 0. The van der Waals surface area contributed by atoms with Gasteiger partial charge < -0.3 is 5.11 Å². The number of rotatable bonds is 3. The number of hydrogen-bond acceptors (Lipinski definition) is 7. The summed E-state index contributed by atoms with van der Waals surface area (Å²) >= 11 is 0. The van der Waals surface area contributed by atoms with Gasteiger partial charge in [0.15, 0.2) is 0 Å². The molecule has 0 bridgehead atoms. The second kappa shape index (κ2) is 59.9. The van der Waals surface area contributed by atoms with Crippen molar-refractivity contribution in [3.8, 4) is 0 Å². The fraction of sp³-hybridized carbons (Fsp3) is 0.750. The van der Waals surface area contributed by atoms with E-state index >= 15 is 0 Å². The van der Waals surface area contributed by atoms with Gasteiger partial charge in [0.05, 0.1) is 26.1 Å². The average molecular weight is 278 g/mol. The van der Waals surface area contributed by atoms with Gasteiger partial charge in [-0.2, -0.15) is 0 Å². The molecule has 4 N–H and O–H groups in total. The fourth-order valence-electron chi connectivity index (χ4n) is 0.